The van der Waals surface area contributed by atoms with Gasteiger partial charge in [-0.15, -0.1) is 0 Å². The smallest absolute Gasteiger partial charge is 0.410 e. The Labute approximate surface area is 210 Å². The van der Waals surface area contributed by atoms with Gasteiger partial charge in [-0.25, -0.2) is 13.6 Å². The predicted octanol–water partition coefficient (Wildman–Crippen LogP) is 3.45. The van der Waals surface area contributed by atoms with Gasteiger partial charge in [0.15, 0.2) is 11.6 Å². The van der Waals surface area contributed by atoms with E-state index in [1.807, 2.05) is 4.90 Å². The Morgan fingerprint density at radius 2 is 1.69 bits per heavy atom. The Morgan fingerprint density at radius 1 is 0.972 bits per heavy atom. The number of nitrogens with zero attached hydrogens (tertiary/aromatic N) is 5. The number of amides is 2. The molecule has 1 N–H and O–H groups in total. The SMILES string of the molecule is O=C(OCc1cc(F)c(F)c(Cl)c1)N1CCN(C2CCN(C(=O)c3ccc4n[nH]nc4c3)CC2)CC1. The van der Waals surface area contributed by atoms with Crippen LogP contribution in [0.3, 0.4) is 0 Å². The molecule has 0 unspecified atom stereocenters. The third-order valence-electron chi connectivity index (χ3n) is 6.81. The lowest BCUT2D eigenvalue weighted by molar-refractivity contribution is 0.0394. The molecular formula is C24H25ClF2N6O3. The number of halogens is 3. The summed E-state index contributed by atoms with van der Waals surface area (Å²) in [6.07, 6.45) is 1.22. The van der Waals surface area contributed by atoms with Gasteiger partial charge in [-0.3, -0.25) is 9.69 Å². The minimum Gasteiger partial charge on any atom is -0.445 e. The van der Waals surface area contributed by atoms with Gasteiger partial charge >= 0.3 is 6.09 Å². The molecule has 0 atom stereocenters. The Balaban J connectivity index is 1.07. The van der Waals surface area contributed by atoms with E-state index in [4.69, 9.17) is 16.3 Å². The van der Waals surface area contributed by atoms with Crippen LogP contribution in [0.5, 0.6) is 0 Å². The number of rotatable bonds is 4. The number of ether oxygens (including phenoxy) is 1. The zero-order valence-electron chi connectivity index (χ0n) is 19.4. The summed E-state index contributed by atoms with van der Waals surface area (Å²) < 4.78 is 32.1. The van der Waals surface area contributed by atoms with Crippen LogP contribution in [-0.4, -0.2) is 87.4 Å². The first-order chi connectivity index (χ1) is 17.4. The van der Waals surface area contributed by atoms with E-state index in [9.17, 15) is 18.4 Å². The summed E-state index contributed by atoms with van der Waals surface area (Å²) in [7, 11) is 0. The number of piperazine rings is 1. The molecule has 0 aliphatic carbocycles. The van der Waals surface area contributed by atoms with Crippen molar-refractivity contribution in [1.82, 2.24) is 30.1 Å². The van der Waals surface area contributed by atoms with Gasteiger partial charge in [-0.1, -0.05) is 11.6 Å². The van der Waals surface area contributed by atoms with E-state index in [1.165, 1.54) is 6.07 Å². The van der Waals surface area contributed by atoms with E-state index in [0.717, 1.165) is 24.4 Å². The molecule has 190 valence electrons. The summed E-state index contributed by atoms with van der Waals surface area (Å²) in [5.41, 5.74) is 2.28. The van der Waals surface area contributed by atoms with Crippen LogP contribution in [0.2, 0.25) is 5.02 Å². The van der Waals surface area contributed by atoms with E-state index in [-0.39, 0.29) is 23.1 Å². The van der Waals surface area contributed by atoms with Crippen molar-refractivity contribution >= 4 is 34.6 Å². The molecule has 1 aromatic heterocycles. The number of likely N-dealkylation sites (tertiary alicyclic amines) is 1. The van der Waals surface area contributed by atoms with Crippen molar-refractivity contribution in [1.29, 1.82) is 0 Å². The van der Waals surface area contributed by atoms with Crippen LogP contribution in [0.1, 0.15) is 28.8 Å². The molecule has 0 saturated carbocycles. The number of fused-ring (bicyclic) bond motifs is 1. The maximum Gasteiger partial charge on any atom is 0.410 e. The van der Waals surface area contributed by atoms with E-state index in [1.54, 1.807) is 23.1 Å². The number of hydrogen-bond donors (Lipinski definition) is 1. The van der Waals surface area contributed by atoms with Crippen LogP contribution in [0.15, 0.2) is 30.3 Å². The molecule has 2 aromatic carbocycles. The number of benzene rings is 2. The molecule has 5 rings (SSSR count). The summed E-state index contributed by atoms with van der Waals surface area (Å²) in [5, 5.41) is 10.3. The van der Waals surface area contributed by atoms with E-state index in [2.05, 4.69) is 20.3 Å². The van der Waals surface area contributed by atoms with Gasteiger partial charge in [0, 0.05) is 50.9 Å². The van der Waals surface area contributed by atoms with Crippen molar-refractivity contribution in [3.63, 3.8) is 0 Å². The zero-order valence-corrected chi connectivity index (χ0v) is 20.2. The molecule has 9 nitrogen and oxygen atoms in total. The standard InChI is InChI=1S/C24H25ClF2N6O3/c25-18-11-15(12-19(26)22(18)27)14-36-24(35)33-9-7-31(8-10-33)17-3-5-32(6-4-17)23(34)16-1-2-20-21(13-16)29-30-28-20/h1-2,11-13,17H,3-10,14H2,(H,28,29,30). The Kier molecular flexibility index (Phi) is 7.01. The van der Waals surface area contributed by atoms with Gasteiger partial charge in [0.1, 0.15) is 17.6 Å². The summed E-state index contributed by atoms with van der Waals surface area (Å²) >= 11 is 5.65. The molecule has 0 spiro atoms. The van der Waals surface area contributed by atoms with Gasteiger partial charge < -0.3 is 14.5 Å². The number of aromatic nitrogens is 3. The maximum absolute atomic E-state index is 13.5. The topological polar surface area (TPSA) is 94.7 Å². The number of nitrogens with one attached hydrogen (secondary N) is 1. The molecule has 0 bridgehead atoms. The third kappa shape index (κ3) is 5.12. The summed E-state index contributed by atoms with van der Waals surface area (Å²) in [5.74, 6) is -2.20. The van der Waals surface area contributed by atoms with Crippen molar-refractivity contribution in [3.05, 3.63) is 58.1 Å². The first-order valence-electron chi connectivity index (χ1n) is 11.8. The van der Waals surface area contributed by atoms with Crippen LogP contribution < -0.4 is 0 Å². The van der Waals surface area contributed by atoms with Gasteiger partial charge in [0.2, 0.25) is 0 Å². The van der Waals surface area contributed by atoms with Gasteiger partial charge in [-0.05, 0) is 48.7 Å². The van der Waals surface area contributed by atoms with Gasteiger partial charge in [0.25, 0.3) is 5.91 Å². The Morgan fingerprint density at radius 3 is 2.42 bits per heavy atom. The highest BCUT2D eigenvalue weighted by atomic mass is 35.5. The molecule has 3 heterocycles. The zero-order chi connectivity index (χ0) is 25.2. The summed E-state index contributed by atoms with van der Waals surface area (Å²) in [4.78, 5) is 31.2. The molecule has 2 fully saturated rings. The molecule has 2 aliphatic heterocycles. The monoisotopic (exact) mass is 518 g/mol. The molecule has 2 aliphatic rings. The average molecular weight is 519 g/mol. The van der Waals surface area contributed by atoms with Crippen LogP contribution >= 0.6 is 11.6 Å². The van der Waals surface area contributed by atoms with Crippen molar-refractivity contribution in [3.8, 4) is 0 Å². The molecule has 2 amide bonds. The maximum atomic E-state index is 13.5. The van der Waals surface area contributed by atoms with Crippen LogP contribution in [0.4, 0.5) is 13.6 Å². The highest BCUT2D eigenvalue weighted by Crippen LogP contribution is 2.22. The summed E-state index contributed by atoms with van der Waals surface area (Å²) in [6, 6.07) is 7.88. The van der Waals surface area contributed by atoms with Crippen LogP contribution in [0, 0.1) is 11.6 Å². The number of H-pyrrole nitrogens is 1. The fourth-order valence-electron chi connectivity index (χ4n) is 4.79. The Bertz CT molecular complexity index is 1250. The number of carbonyl (C=O) groups excluding carboxylic acids is 2. The minimum atomic E-state index is -1.12. The van der Waals surface area contributed by atoms with Crippen molar-refractivity contribution in [2.45, 2.75) is 25.5 Å². The molecule has 0 radical (unpaired) electrons. The molecular weight excluding hydrogens is 494 g/mol. The fraction of sp³-hybridized carbons (Fsp3) is 0.417. The molecule has 36 heavy (non-hydrogen) atoms. The van der Waals surface area contributed by atoms with Gasteiger partial charge in [0.05, 0.1) is 5.02 Å². The van der Waals surface area contributed by atoms with Crippen LogP contribution in [-0.2, 0) is 11.3 Å². The number of hydrogen-bond acceptors (Lipinski definition) is 6. The summed E-state index contributed by atoms with van der Waals surface area (Å²) in [6.45, 7) is 3.56. The minimum absolute atomic E-state index is 0.00626. The third-order valence-corrected chi connectivity index (χ3v) is 7.08. The molecule has 3 aromatic rings. The predicted molar refractivity (Wildman–Crippen MR) is 128 cm³/mol. The fourth-order valence-corrected chi connectivity index (χ4v) is 5.02. The van der Waals surface area contributed by atoms with Gasteiger partial charge in [-0.2, -0.15) is 15.4 Å². The van der Waals surface area contributed by atoms with E-state index >= 15 is 0 Å². The largest absolute Gasteiger partial charge is 0.445 e. The molecule has 12 heteroatoms. The number of carbonyl (C=O) groups is 2. The highest BCUT2D eigenvalue weighted by molar-refractivity contribution is 6.30. The second-order valence-corrected chi connectivity index (χ2v) is 9.41. The van der Waals surface area contributed by atoms with Crippen LogP contribution in [0.25, 0.3) is 11.0 Å². The average Bonchev–Trinajstić information content (AvgIpc) is 3.38. The number of piperidine rings is 1. The molecule has 2 saturated heterocycles. The van der Waals surface area contributed by atoms with Crippen molar-refractivity contribution in [2.75, 3.05) is 39.3 Å². The second kappa shape index (κ2) is 10.4. The quantitative estimate of drug-likeness (QED) is 0.532. The highest BCUT2D eigenvalue weighted by Gasteiger charge is 2.31. The van der Waals surface area contributed by atoms with E-state index < -0.39 is 17.7 Å². The van der Waals surface area contributed by atoms with Crippen molar-refractivity contribution in [2.24, 2.45) is 0 Å². The van der Waals surface area contributed by atoms with E-state index in [0.29, 0.717) is 56.4 Å². The lowest BCUT2D eigenvalue weighted by atomic mass is 10.0. The Hall–Kier alpha value is -3.31. The number of aromatic amines is 1. The lowest BCUT2D eigenvalue weighted by Gasteiger charge is -2.42. The first-order valence-corrected chi connectivity index (χ1v) is 12.2. The lowest BCUT2D eigenvalue weighted by Crippen LogP contribution is -2.54. The second-order valence-electron chi connectivity index (χ2n) is 9.00. The first kappa shape index (κ1) is 24.4. The van der Waals surface area contributed by atoms with Crippen molar-refractivity contribution < 1.29 is 23.1 Å². The normalized spacial score (nSPS) is 17.5.